The van der Waals surface area contributed by atoms with Gasteiger partial charge in [0, 0.05) is 36.5 Å². The Morgan fingerprint density at radius 2 is 1.89 bits per heavy atom. The Morgan fingerprint density at radius 3 is 2.62 bits per heavy atom. The molecule has 4 aliphatic carbocycles. The highest BCUT2D eigenvalue weighted by Gasteiger charge is 2.63. The number of hydrogen-bond donors (Lipinski definition) is 1. The minimum absolute atomic E-state index is 0.123. The van der Waals surface area contributed by atoms with Crippen molar-refractivity contribution in [2.24, 2.45) is 46.3 Å². The van der Waals surface area contributed by atoms with Crippen LogP contribution >= 0.6 is 11.3 Å². The normalized spacial score (nSPS) is 38.9. The van der Waals surface area contributed by atoms with E-state index in [1.807, 2.05) is 0 Å². The number of unbranched alkanes of at least 4 members (excludes halogenated alkanes) is 1. The lowest BCUT2D eigenvalue weighted by molar-refractivity contribution is -0.159. The van der Waals surface area contributed by atoms with E-state index in [1.54, 1.807) is 11.3 Å². The van der Waals surface area contributed by atoms with Crippen LogP contribution in [0.25, 0.3) is 0 Å². The predicted octanol–water partition coefficient (Wildman–Crippen LogP) is 7.53. The number of Topliss-reactive ketones (excluding diaryl/α,β-unsaturated/α-hetero) is 2. The highest BCUT2D eigenvalue weighted by molar-refractivity contribution is 7.10. The quantitative estimate of drug-likeness (QED) is 0.381. The van der Waals surface area contributed by atoms with Gasteiger partial charge in [0.25, 0.3) is 0 Å². The summed E-state index contributed by atoms with van der Waals surface area (Å²) < 4.78 is 0. The molecular formula is C32H47NO3S. The molecule has 4 aliphatic rings. The van der Waals surface area contributed by atoms with E-state index in [9.17, 15) is 14.4 Å². The minimum atomic E-state index is 0.123. The molecule has 1 unspecified atom stereocenters. The highest BCUT2D eigenvalue weighted by atomic mass is 32.1. The molecule has 1 heterocycles. The van der Waals surface area contributed by atoms with Gasteiger partial charge in [-0.15, -0.1) is 11.3 Å². The molecule has 5 rings (SSSR count). The van der Waals surface area contributed by atoms with Gasteiger partial charge in [0.2, 0.25) is 5.91 Å². The number of nitrogens with one attached hydrogen (secondary N) is 1. The summed E-state index contributed by atoms with van der Waals surface area (Å²) in [5.41, 5.74) is 0.284. The second-order valence-corrected chi connectivity index (χ2v) is 14.5. The van der Waals surface area contributed by atoms with E-state index in [4.69, 9.17) is 0 Å². The highest BCUT2D eigenvalue weighted by Crippen LogP contribution is 2.67. The molecular weight excluding hydrogens is 478 g/mol. The van der Waals surface area contributed by atoms with Gasteiger partial charge in [0.05, 0.1) is 6.04 Å². The Morgan fingerprint density at radius 1 is 1.11 bits per heavy atom. The predicted molar refractivity (Wildman–Crippen MR) is 149 cm³/mol. The van der Waals surface area contributed by atoms with Crippen molar-refractivity contribution in [3.8, 4) is 0 Å². The third-order valence-electron chi connectivity index (χ3n) is 11.6. The molecule has 5 heteroatoms. The summed E-state index contributed by atoms with van der Waals surface area (Å²) in [7, 11) is 0. The zero-order valence-corrected chi connectivity index (χ0v) is 24.2. The van der Waals surface area contributed by atoms with Crippen LogP contribution in [0, 0.1) is 46.3 Å². The van der Waals surface area contributed by atoms with Gasteiger partial charge < -0.3 is 5.32 Å². The molecule has 0 bridgehead atoms. The van der Waals surface area contributed by atoms with E-state index < -0.39 is 0 Å². The average molecular weight is 526 g/mol. The Balaban J connectivity index is 1.27. The second-order valence-electron chi connectivity index (χ2n) is 13.5. The van der Waals surface area contributed by atoms with Crippen molar-refractivity contribution in [2.45, 2.75) is 111 Å². The van der Waals surface area contributed by atoms with Crippen LogP contribution in [0.3, 0.4) is 0 Å². The Kier molecular flexibility index (Phi) is 7.75. The van der Waals surface area contributed by atoms with Crippen LogP contribution < -0.4 is 5.32 Å². The maximum absolute atomic E-state index is 13.6. The molecule has 204 valence electrons. The number of carbonyl (C=O) groups is 3. The Hall–Kier alpha value is -1.49. The molecule has 1 aromatic heterocycles. The summed E-state index contributed by atoms with van der Waals surface area (Å²) in [4.78, 5) is 40.3. The van der Waals surface area contributed by atoms with Crippen molar-refractivity contribution >= 4 is 28.8 Å². The smallest absolute Gasteiger partial charge is 0.220 e. The molecule has 9 atom stereocenters. The van der Waals surface area contributed by atoms with Gasteiger partial charge in [-0.3, -0.25) is 14.4 Å². The summed E-state index contributed by atoms with van der Waals surface area (Å²) in [6.07, 6.45) is 11.2. The van der Waals surface area contributed by atoms with Crippen LogP contribution in [-0.2, 0) is 14.4 Å². The van der Waals surface area contributed by atoms with Crippen molar-refractivity contribution in [2.75, 3.05) is 0 Å². The van der Waals surface area contributed by atoms with Crippen molar-refractivity contribution in [3.63, 3.8) is 0 Å². The fourth-order valence-corrected chi connectivity index (χ4v) is 10.4. The molecule has 1 amide bonds. The topological polar surface area (TPSA) is 63.2 Å². The van der Waals surface area contributed by atoms with Crippen molar-refractivity contribution in [1.82, 2.24) is 5.32 Å². The van der Waals surface area contributed by atoms with Crippen LogP contribution in [0.15, 0.2) is 17.5 Å². The lowest BCUT2D eigenvalue weighted by Crippen LogP contribution is -2.57. The lowest BCUT2D eigenvalue weighted by Gasteiger charge is -2.59. The standard InChI is InChI=1S/C32H47NO3S/c1-5-6-8-26(28-9-7-16-37-28)33-29(36)17-20(2)23-10-11-24-30-25(13-15-32(23,24)4)31(3)14-12-22(34)18-21(31)19-27(30)35/h7,9,16,20-21,23-26,30H,5-6,8,10-15,17-19H2,1-4H3,(H,33,36)/t20-,21+,23-,24+,25+,26?,30+,31+,32-/m1/s1. The molecule has 0 spiro atoms. The molecule has 0 aromatic carbocycles. The average Bonchev–Trinajstić information content (AvgIpc) is 3.51. The molecule has 0 radical (unpaired) electrons. The first-order valence-corrected chi connectivity index (χ1v) is 15.9. The molecule has 4 fully saturated rings. The molecule has 4 saturated carbocycles. The molecule has 1 N–H and O–H groups in total. The monoisotopic (exact) mass is 525 g/mol. The number of fused-ring (bicyclic) bond motifs is 5. The van der Waals surface area contributed by atoms with Crippen LogP contribution in [0.4, 0.5) is 0 Å². The largest absolute Gasteiger partial charge is 0.348 e. The van der Waals surface area contributed by atoms with E-state index in [2.05, 4.69) is 50.5 Å². The lowest BCUT2D eigenvalue weighted by atomic mass is 9.44. The number of thiophene rings is 1. The second kappa shape index (κ2) is 10.6. The van der Waals surface area contributed by atoms with E-state index in [-0.39, 0.29) is 34.6 Å². The first-order valence-electron chi connectivity index (χ1n) is 15.0. The zero-order valence-electron chi connectivity index (χ0n) is 23.4. The summed E-state index contributed by atoms with van der Waals surface area (Å²) in [6.45, 7) is 9.33. The maximum atomic E-state index is 13.6. The summed E-state index contributed by atoms with van der Waals surface area (Å²) in [5.74, 6) is 3.09. The number of rotatable bonds is 8. The summed E-state index contributed by atoms with van der Waals surface area (Å²) in [6, 6.07) is 4.34. The van der Waals surface area contributed by atoms with Gasteiger partial charge in [-0.25, -0.2) is 0 Å². The van der Waals surface area contributed by atoms with Crippen LogP contribution in [0.1, 0.15) is 116 Å². The summed E-state index contributed by atoms with van der Waals surface area (Å²) in [5, 5.41) is 5.47. The minimum Gasteiger partial charge on any atom is -0.348 e. The van der Waals surface area contributed by atoms with Crippen LogP contribution in [0.5, 0.6) is 0 Å². The fraction of sp³-hybridized carbons (Fsp3) is 0.781. The number of carbonyl (C=O) groups excluding carboxylic acids is 3. The van der Waals surface area contributed by atoms with Crippen molar-refractivity contribution in [3.05, 3.63) is 22.4 Å². The zero-order chi connectivity index (χ0) is 26.4. The van der Waals surface area contributed by atoms with Gasteiger partial charge in [0.1, 0.15) is 11.6 Å². The molecule has 4 nitrogen and oxygen atoms in total. The Bertz CT molecular complexity index is 1000. The number of amides is 1. The van der Waals surface area contributed by atoms with E-state index in [0.717, 1.165) is 51.4 Å². The SMILES string of the molecule is CCCCC(NC(=O)C[C@@H](C)[C@H]1CC[C@H]2[C@@H]3C(=O)C[C@@H]4CC(=O)CC[C@]4(C)[C@H]3CC[C@]12C)c1cccs1. The van der Waals surface area contributed by atoms with Crippen LogP contribution in [-0.4, -0.2) is 17.5 Å². The third-order valence-corrected chi connectivity index (χ3v) is 12.6. The van der Waals surface area contributed by atoms with Gasteiger partial charge in [-0.1, -0.05) is 46.6 Å². The fourth-order valence-electron chi connectivity index (χ4n) is 9.57. The molecule has 37 heavy (non-hydrogen) atoms. The maximum Gasteiger partial charge on any atom is 0.220 e. The van der Waals surface area contributed by atoms with E-state index in [0.29, 0.717) is 60.9 Å². The van der Waals surface area contributed by atoms with Gasteiger partial charge in [0.15, 0.2) is 0 Å². The summed E-state index contributed by atoms with van der Waals surface area (Å²) >= 11 is 1.73. The number of hydrogen-bond acceptors (Lipinski definition) is 4. The first kappa shape index (κ1) is 27.1. The molecule has 0 saturated heterocycles. The molecule has 0 aliphatic heterocycles. The first-order chi connectivity index (χ1) is 17.7. The number of ketones is 2. The van der Waals surface area contributed by atoms with E-state index in [1.165, 1.54) is 4.88 Å². The van der Waals surface area contributed by atoms with E-state index >= 15 is 0 Å². The molecule has 1 aromatic rings. The van der Waals surface area contributed by atoms with Crippen molar-refractivity contribution in [1.29, 1.82) is 0 Å². The Labute approximate surface area is 227 Å². The van der Waals surface area contributed by atoms with Crippen LogP contribution in [0.2, 0.25) is 0 Å². The third kappa shape index (κ3) is 4.87. The van der Waals surface area contributed by atoms with Gasteiger partial charge in [-0.2, -0.15) is 0 Å². The van der Waals surface area contributed by atoms with Gasteiger partial charge in [-0.05, 0) is 90.4 Å². The van der Waals surface area contributed by atoms with Gasteiger partial charge >= 0.3 is 0 Å². The van der Waals surface area contributed by atoms with Crippen molar-refractivity contribution < 1.29 is 14.4 Å².